The van der Waals surface area contributed by atoms with E-state index in [9.17, 15) is 0 Å². The van der Waals surface area contributed by atoms with Crippen LogP contribution in [0.25, 0.3) is 0 Å². The first kappa shape index (κ1) is 16.1. The van der Waals surface area contributed by atoms with Crippen molar-refractivity contribution in [3.8, 4) is 0 Å². The lowest BCUT2D eigenvalue weighted by molar-refractivity contribution is 0.319. The minimum atomic E-state index is 0.0284. The average Bonchev–Trinajstić information content (AvgIpc) is 2.85. The number of hydrogen-bond acceptors (Lipinski definition) is 2. The number of aryl methyl sites for hydroxylation is 1. The molecule has 0 fully saturated rings. The molecule has 2 nitrogen and oxygen atoms in total. The van der Waals surface area contributed by atoms with Gasteiger partial charge in [0.25, 0.3) is 0 Å². The van der Waals surface area contributed by atoms with Crippen molar-refractivity contribution >= 4 is 11.6 Å². The molecule has 1 N–H and O–H groups in total. The van der Waals surface area contributed by atoms with Crippen LogP contribution in [0.5, 0.6) is 0 Å². The Morgan fingerprint density at radius 3 is 2.38 bits per heavy atom. The Morgan fingerprint density at radius 2 is 1.81 bits per heavy atom. The predicted molar refractivity (Wildman–Crippen MR) is 88.8 cm³/mol. The smallest absolute Gasteiger partial charge is 0.109 e. The summed E-state index contributed by atoms with van der Waals surface area (Å²) in [6.07, 6.45) is 1.02. The normalized spacial score (nSPS) is 13.4. The molecule has 0 saturated carbocycles. The third-order valence-electron chi connectivity index (χ3n) is 3.79. The van der Waals surface area contributed by atoms with Crippen LogP contribution in [0, 0.1) is 6.92 Å². The fourth-order valence-electron chi connectivity index (χ4n) is 2.63. The molecule has 0 radical (unpaired) electrons. The molecule has 0 amide bonds. The van der Waals surface area contributed by atoms with E-state index in [1.165, 1.54) is 5.56 Å². The molecule has 0 aliphatic carbocycles. The number of rotatable bonds is 6. The second kappa shape index (κ2) is 6.67. The van der Waals surface area contributed by atoms with Gasteiger partial charge in [-0.15, -0.1) is 0 Å². The number of hydrogen-bond donors (Lipinski definition) is 1. The van der Waals surface area contributed by atoms with E-state index < -0.39 is 0 Å². The summed E-state index contributed by atoms with van der Waals surface area (Å²) in [5.41, 5.74) is 1.28. The number of furan rings is 1. The summed E-state index contributed by atoms with van der Waals surface area (Å²) in [6, 6.07) is 12.5. The molecule has 1 aromatic heterocycles. The van der Waals surface area contributed by atoms with E-state index in [-0.39, 0.29) is 5.41 Å². The topological polar surface area (TPSA) is 25.2 Å². The monoisotopic (exact) mass is 305 g/mol. The molecule has 2 aromatic rings. The molecule has 0 bridgehead atoms. The van der Waals surface area contributed by atoms with Gasteiger partial charge in [-0.25, -0.2) is 0 Å². The van der Waals surface area contributed by atoms with Crippen molar-refractivity contribution in [1.29, 1.82) is 0 Å². The van der Waals surface area contributed by atoms with Crippen molar-refractivity contribution in [2.75, 3.05) is 0 Å². The lowest BCUT2D eigenvalue weighted by Crippen LogP contribution is -2.32. The van der Waals surface area contributed by atoms with Gasteiger partial charge in [0.1, 0.15) is 11.5 Å². The van der Waals surface area contributed by atoms with Gasteiger partial charge in [0.05, 0.1) is 0 Å². The fraction of sp³-hybridized carbons (Fsp3) is 0.444. The minimum absolute atomic E-state index is 0.0284. The van der Waals surface area contributed by atoms with Gasteiger partial charge in [0, 0.05) is 23.0 Å². The third kappa shape index (κ3) is 4.62. The molecule has 114 valence electrons. The third-order valence-corrected chi connectivity index (χ3v) is 4.04. The molecule has 0 aliphatic rings. The SMILES string of the molecule is Cc1ccc(C(C)(C)CC(C)NCc2ccc(Cl)cc2)o1. The van der Waals surface area contributed by atoms with Crippen LogP contribution in [0.15, 0.2) is 40.8 Å². The van der Waals surface area contributed by atoms with Crippen molar-refractivity contribution < 1.29 is 4.42 Å². The van der Waals surface area contributed by atoms with Crippen LogP contribution in [-0.2, 0) is 12.0 Å². The first-order valence-electron chi connectivity index (χ1n) is 7.41. The van der Waals surface area contributed by atoms with Gasteiger partial charge in [-0.2, -0.15) is 0 Å². The standard InChI is InChI=1S/C18H24ClNO/c1-13(20-12-15-6-8-16(19)9-7-15)11-18(3,4)17-10-5-14(2)21-17/h5-10,13,20H,11-12H2,1-4H3. The lowest BCUT2D eigenvalue weighted by Gasteiger charge is -2.26. The maximum absolute atomic E-state index is 5.90. The highest BCUT2D eigenvalue weighted by atomic mass is 35.5. The molecule has 21 heavy (non-hydrogen) atoms. The van der Waals surface area contributed by atoms with E-state index in [1.54, 1.807) is 0 Å². The zero-order valence-electron chi connectivity index (χ0n) is 13.2. The Bertz CT molecular complexity index is 571. The van der Waals surface area contributed by atoms with Crippen LogP contribution in [-0.4, -0.2) is 6.04 Å². The fourth-order valence-corrected chi connectivity index (χ4v) is 2.76. The Hall–Kier alpha value is -1.25. The van der Waals surface area contributed by atoms with Crippen molar-refractivity contribution in [2.45, 2.75) is 52.1 Å². The number of halogens is 1. The molecule has 1 aromatic carbocycles. The van der Waals surface area contributed by atoms with Crippen molar-refractivity contribution in [1.82, 2.24) is 5.32 Å². The molecule has 0 saturated heterocycles. The predicted octanol–water partition coefficient (Wildman–Crippen LogP) is 5.09. The van der Waals surface area contributed by atoms with Crippen molar-refractivity contribution in [2.24, 2.45) is 0 Å². The van der Waals surface area contributed by atoms with Gasteiger partial charge in [0.15, 0.2) is 0 Å². The summed E-state index contributed by atoms with van der Waals surface area (Å²) < 4.78 is 5.78. The van der Waals surface area contributed by atoms with Crippen molar-refractivity contribution in [3.63, 3.8) is 0 Å². The van der Waals surface area contributed by atoms with Gasteiger partial charge in [-0.1, -0.05) is 37.6 Å². The lowest BCUT2D eigenvalue weighted by atomic mass is 9.83. The Balaban J connectivity index is 1.89. The zero-order valence-corrected chi connectivity index (χ0v) is 14.0. The Kier molecular flexibility index (Phi) is 5.13. The van der Waals surface area contributed by atoms with Crippen LogP contribution < -0.4 is 5.32 Å². The number of nitrogens with one attached hydrogen (secondary N) is 1. The Labute approximate surface area is 132 Å². The highest BCUT2D eigenvalue weighted by molar-refractivity contribution is 6.30. The van der Waals surface area contributed by atoms with E-state index >= 15 is 0 Å². The molecule has 1 unspecified atom stereocenters. The molecule has 3 heteroatoms. The molecule has 1 atom stereocenters. The van der Waals surface area contributed by atoms with E-state index in [4.69, 9.17) is 16.0 Å². The molecular weight excluding hydrogens is 282 g/mol. The maximum Gasteiger partial charge on any atom is 0.109 e. The minimum Gasteiger partial charge on any atom is -0.466 e. The van der Waals surface area contributed by atoms with Crippen LogP contribution in [0.4, 0.5) is 0 Å². The second-order valence-corrected chi connectivity index (χ2v) is 6.84. The summed E-state index contributed by atoms with van der Waals surface area (Å²) in [5.74, 6) is 2.03. The first-order chi connectivity index (χ1) is 9.87. The maximum atomic E-state index is 5.90. The molecule has 0 spiro atoms. The van der Waals surface area contributed by atoms with Gasteiger partial charge in [-0.3, -0.25) is 0 Å². The van der Waals surface area contributed by atoms with Gasteiger partial charge < -0.3 is 9.73 Å². The molecular formula is C18H24ClNO. The molecule has 2 rings (SSSR count). The molecule has 1 heterocycles. The van der Waals surface area contributed by atoms with Gasteiger partial charge in [0.2, 0.25) is 0 Å². The van der Waals surface area contributed by atoms with Crippen LogP contribution >= 0.6 is 11.6 Å². The quantitative estimate of drug-likeness (QED) is 0.804. The highest BCUT2D eigenvalue weighted by Crippen LogP contribution is 2.29. The van der Waals surface area contributed by atoms with E-state index in [0.717, 1.165) is 29.5 Å². The summed E-state index contributed by atoms with van der Waals surface area (Å²) in [6.45, 7) is 9.51. The van der Waals surface area contributed by atoms with E-state index in [1.807, 2.05) is 25.1 Å². The van der Waals surface area contributed by atoms with E-state index in [2.05, 4.69) is 44.3 Å². The summed E-state index contributed by atoms with van der Waals surface area (Å²) in [7, 11) is 0. The zero-order chi connectivity index (χ0) is 15.5. The van der Waals surface area contributed by atoms with Gasteiger partial charge in [-0.05, 0) is 50.1 Å². The van der Waals surface area contributed by atoms with Crippen LogP contribution in [0.1, 0.15) is 44.3 Å². The second-order valence-electron chi connectivity index (χ2n) is 6.41. The number of benzene rings is 1. The van der Waals surface area contributed by atoms with Crippen LogP contribution in [0.2, 0.25) is 5.02 Å². The largest absolute Gasteiger partial charge is 0.466 e. The van der Waals surface area contributed by atoms with E-state index in [0.29, 0.717) is 6.04 Å². The van der Waals surface area contributed by atoms with Crippen LogP contribution in [0.3, 0.4) is 0 Å². The Morgan fingerprint density at radius 1 is 1.14 bits per heavy atom. The summed E-state index contributed by atoms with van der Waals surface area (Å²) >= 11 is 5.90. The highest BCUT2D eigenvalue weighted by Gasteiger charge is 2.26. The summed E-state index contributed by atoms with van der Waals surface area (Å²) in [4.78, 5) is 0. The molecule has 0 aliphatic heterocycles. The van der Waals surface area contributed by atoms with Crippen molar-refractivity contribution in [3.05, 3.63) is 58.5 Å². The average molecular weight is 306 g/mol. The first-order valence-corrected chi connectivity index (χ1v) is 7.79. The van der Waals surface area contributed by atoms with Gasteiger partial charge >= 0.3 is 0 Å². The summed E-state index contributed by atoms with van der Waals surface area (Å²) in [5, 5.41) is 4.35.